The van der Waals surface area contributed by atoms with Gasteiger partial charge < -0.3 is 14.3 Å². The standard InChI is InChI=1S/C20H20ClN5O2S/c1-25-18(13-28-17-10-5-2-7-14(17)21)23-24-20(25)29-12-6-11-26-16-9-4-3-8-15(16)22-19(26)27/h2-5,7-10H,6,11-13H2,1H3,(H,22,27). The molecule has 0 unspecified atom stereocenters. The van der Waals surface area contributed by atoms with Gasteiger partial charge in [-0.15, -0.1) is 10.2 Å². The number of ether oxygens (including phenoxy) is 1. The number of fused-ring (bicyclic) bond motifs is 1. The Labute approximate surface area is 176 Å². The first-order valence-electron chi connectivity index (χ1n) is 9.19. The van der Waals surface area contributed by atoms with Gasteiger partial charge in [-0.1, -0.05) is 47.6 Å². The maximum absolute atomic E-state index is 12.1. The summed E-state index contributed by atoms with van der Waals surface area (Å²) in [6, 6.07) is 15.1. The fourth-order valence-corrected chi connectivity index (χ4v) is 4.06. The van der Waals surface area contributed by atoms with Gasteiger partial charge in [0.05, 0.1) is 16.1 Å². The average Bonchev–Trinajstić information content (AvgIpc) is 3.24. The van der Waals surface area contributed by atoms with Crippen LogP contribution in [0.1, 0.15) is 12.2 Å². The molecule has 0 radical (unpaired) electrons. The van der Waals surface area contributed by atoms with Crippen LogP contribution in [0, 0.1) is 0 Å². The summed E-state index contributed by atoms with van der Waals surface area (Å²) < 4.78 is 9.43. The molecule has 150 valence electrons. The van der Waals surface area contributed by atoms with Crippen molar-refractivity contribution in [2.75, 3.05) is 5.75 Å². The number of thioether (sulfide) groups is 1. The largest absolute Gasteiger partial charge is 0.484 e. The van der Waals surface area contributed by atoms with Gasteiger partial charge in [0.25, 0.3) is 0 Å². The third kappa shape index (κ3) is 4.33. The van der Waals surface area contributed by atoms with Crippen molar-refractivity contribution in [2.45, 2.75) is 24.7 Å². The van der Waals surface area contributed by atoms with E-state index >= 15 is 0 Å². The molecule has 0 spiro atoms. The maximum atomic E-state index is 12.1. The van der Waals surface area contributed by atoms with Gasteiger partial charge in [0.2, 0.25) is 0 Å². The molecule has 29 heavy (non-hydrogen) atoms. The number of hydrogen-bond acceptors (Lipinski definition) is 5. The third-order valence-electron chi connectivity index (χ3n) is 4.56. The van der Waals surface area contributed by atoms with E-state index in [9.17, 15) is 4.79 Å². The number of hydrogen-bond donors (Lipinski definition) is 1. The molecule has 0 aliphatic heterocycles. The van der Waals surface area contributed by atoms with Crippen LogP contribution in [-0.2, 0) is 20.2 Å². The Morgan fingerprint density at radius 2 is 1.93 bits per heavy atom. The van der Waals surface area contributed by atoms with Crippen molar-refractivity contribution in [1.82, 2.24) is 24.3 Å². The third-order valence-corrected chi connectivity index (χ3v) is 5.98. The average molecular weight is 430 g/mol. The number of para-hydroxylation sites is 3. The van der Waals surface area contributed by atoms with E-state index in [1.54, 1.807) is 22.4 Å². The summed E-state index contributed by atoms with van der Waals surface area (Å²) in [5, 5.41) is 9.83. The normalized spacial score (nSPS) is 11.2. The molecule has 2 aromatic heterocycles. The molecule has 4 rings (SSSR count). The number of rotatable bonds is 8. The smallest absolute Gasteiger partial charge is 0.326 e. The molecule has 0 saturated carbocycles. The van der Waals surface area contributed by atoms with Crippen LogP contribution in [-0.4, -0.2) is 30.1 Å². The van der Waals surface area contributed by atoms with Gasteiger partial charge in [-0.3, -0.25) is 4.57 Å². The summed E-state index contributed by atoms with van der Waals surface area (Å²) in [6.45, 7) is 0.939. The summed E-state index contributed by atoms with van der Waals surface area (Å²) in [5.74, 6) is 2.17. The predicted octanol–water partition coefficient (Wildman–Crippen LogP) is 3.87. The van der Waals surface area contributed by atoms with Crippen molar-refractivity contribution < 1.29 is 4.74 Å². The zero-order valence-electron chi connectivity index (χ0n) is 15.8. The van der Waals surface area contributed by atoms with Crippen LogP contribution in [0.4, 0.5) is 0 Å². The number of nitrogens with one attached hydrogen (secondary N) is 1. The molecule has 2 aromatic carbocycles. The lowest BCUT2D eigenvalue weighted by Gasteiger charge is -2.08. The lowest BCUT2D eigenvalue weighted by atomic mass is 10.3. The number of imidazole rings is 1. The Morgan fingerprint density at radius 1 is 1.14 bits per heavy atom. The second-order valence-corrected chi connectivity index (χ2v) is 7.95. The van der Waals surface area contributed by atoms with Crippen LogP contribution in [0.5, 0.6) is 5.75 Å². The quantitative estimate of drug-likeness (QED) is 0.340. The second-order valence-electron chi connectivity index (χ2n) is 6.48. The highest BCUT2D eigenvalue weighted by atomic mass is 35.5. The molecule has 0 aliphatic carbocycles. The van der Waals surface area contributed by atoms with E-state index in [0.29, 0.717) is 23.9 Å². The minimum atomic E-state index is -0.0751. The molecule has 0 bridgehead atoms. The van der Waals surface area contributed by atoms with Crippen LogP contribution in [0.2, 0.25) is 5.02 Å². The highest BCUT2D eigenvalue weighted by Gasteiger charge is 2.11. The zero-order chi connectivity index (χ0) is 20.2. The Balaban J connectivity index is 1.32. The topological polar surface area (TPSA) is 77.7 Å². The molecule has 4 aromatic rings. The summed E-state index contributed by atoms with van der Waals surface area (Å²) >= 11 is 7.72. The molecule has 7 nitrogen and oxygen atoms in total. The molecule has 2 heterocycles. The van der Waals surface area contributed by atoms with Gasteiger partial charge in [-0.05, 0) is 30.7 Å². The Morgan fingerprint density at radius 3 is 2.79 bits per heavy atom. The first-order chi connectivity index (χ1) is 14.1. The second kappa shape index (κ2) is 8.75. The lowest BCUT2D eigenvalue weighted by molar-refractivity contribution is 0.290. The molecular weight excluding hydrogens is 410 g/mol. The van der Waals surface area contributed by atoms with Crippen molar-refractivity contribution in [3.63, 3.8) is 0 Å². The van der Waals surface area contributed by atoms with Crippen molar-refractivity contribution in [3.8, 4) is 5.75 Å². The van der Waals surface area contributed by atoms with Crippen LogP contribution < -0.4 is 10.4 Å². The van der Waals surface area contributed by atoms with Crippen LogP contribution in [0.3, 0.4) is 0 Å². The van der Waals surface area contributed by atoms with Gasteiger partial charge in [0.1, 0.15) is 12.4 Å². The molecule has 0 aliphatic rings. The van der Waals surface area contributed by atoms with E-state index in [-0.39, 0.29) is 5.69 Å². The van der Waals surface area contributed by atoms with Gasteiger partial charge >= 0.3 is 5.69 Å². The number of H-pyrrole nitrogens is 1. The van der Waals surface area contributed by atoms with Crippen molar-refractivity contribution in [2.24, 2.45) is 7.05 Å². The van der Waals surface area contributed by atoms with E-state index in [4.69, 9.17) is 16.3 Å². The van der Waals surface area contributed by atoms with Crippen LogP contribution >= 0.6 is 23.4 Å². The summed E-state index contributed by atoms with van der Waals surface area (Å²) in [7, 11) is 1.91. The van der Waals surface area contributed by atoms with Crippen molar-refractivity contribution >= 4 is 34.4 Å². The monoisotopic (exact) mass is 429 g/mol. The number of benzene rings is 2. The van der Waals surface area contributed by atoms with E-state index in [2.05, 4.69) is 15.2 Å². The van der Waals surface area contributed by atoms with Crippen LogP contribution in [0.25, 0.3) is 11.0 Å². The molecule has 0 atom stereocenters. The molecule has 1 N–H and O–H groups in total. The summed E-state index contributed by atoms with van der Waals surface area (Å²) in [5.41, 5.74) is 1.72. The Kier molecular flexibility index (Phi) is 5.92. The maximum Gasteiger partial charge on any atom is 0.326 e. The number of aryl methyl sites for hydroxylation is 1. The first-order valence-corrected chi connectivity index (χ1v) is 10.6. The number of nitrogens with zero attached hydrogens (tertiary/aromatic N) is 4. The van der Waals surface area contributed by atoms with Gasteiger partial charge in [-0.25, -0.2) is 4.79 Å². The van der Waals surface area contributed by atoms with Crippen molar-refractivity contribution in [1.29, 1.82) is 0 Å². The Hall–Kier alpha value is -2.71. The van der Waals surface area contributed by atoms with Crippen molar-refractivity contribution in [3.05, 3.63) is 69.9 Å². The minimum Gasteiger partial charge on any atom is -0.484 e. The highest BCUT2D eigenvalue weighted by molar-refractivity contribution is 7.99. The van der Waals surface area contributed by atoms with Gasteiger partial charge in [-0.2, -0.15) is 0 Å². The van der Waals surface area contributed by atoms with Gasteiger partial charge in [0, 0.05) is 19.3 Å². The van der Waals surface area contributed by atoms with Gasteiger partial charge in [0.15, 0.2) is 11.0 Å². The van der Waals surface area contributed by atoms with E-state index in [1.165, 1.54) is 0 Å². The molecule has 9 heteroatoms. The zero-order valence-corrected chi connectivity index (χ0v) is 17.4. The number of halogens is 1. The number of aromatic nitrogens is 5. The van der Waals surface area contributed by atoms with E-state index < -0.39 is 0 Å². The van der Waals surface area contributed by atoms with E-state index in [0.717, 1.165) is 34.2 Å². The molecule has 0 saturated heterocycles. The fourth-order valence-electron chi connectivity index (χ4n) is 3.02. The Bertz CT molecular complexity index is 1180. The molecular formula is C20H20ClN5O2S. The summed E-state index contributed by atoms with van der Waals surface area (Å²) in [6.07, 6.45) is 0.838. The number of aromatic amines is 1. The highest BCUT2D eigenvalue weighted by Crippen LogP contribution is 2.24. The first kappa shape index (κ1) is 19.6. The minimum absolute atomic E-state index is 0.0751. The SMILES string of the molecule is Cn1c(COc2ccccc2Cl)nnc1SCCCn1c(=O)[nH]c2ccccc21. The summed E-state index contributed by atoms with van der Waals surface area (Å²) in [4.78, 5) is 15.0. The fraction of sp³-hybridized carbons (Fsp3) is 0.250. The lowest BCUT2D eigenvalue weighted by Crippen LogP contribution is -2.17. The molecule has 0 fully saturated rings. The predicted molar refractivity (Wildman–Crippen MR) is 115 cm³/mol. The van der Waals surface area contributed by atoms with E-state index in [1.807, 2.05) is 54.1 Å². The molecule has 0 amide bonds. The van der Waals surface area contributed by atoms with Crippen LogP contribution in [0.15, 0.2) is 58.5 Å².